The molecule has 0 amide bonds. The molecule has 0 aliphatic heterocycles. The molecule has 0 aromatic heterocycles. The van der Waals surface area contributed by atoms with E-state index >= 15 is 0 Å². The van der Waals surface area contributed by atoms with E-state index in [0.717, 1.165) is 5.75 Å². The smallest absolute Gasteiger partial charge is 0.119 e. The van der Waals surface area contributed by atoms with Crippen LogP contribution in [-0.4, -0.2) is 7.11 Å². The Morgan fingerprint density at radius 3 is 1.48 bits per heavy atom. The largest absolute Gasteiger partial charge is 0.497 e. The van der Waals surface area contributed by atoms with E-state index in [2.05, 4.69) is 25.1 Å². The first-order valence-electron chi connectivity index (χ1n) is 12.0. The van der Waals surface area contributed by atoms with Gasteiger partial charge in [0.1, 0.15) is 5.75 Å². The van der Waals surface area contributed by atoms with Gasteiger partial charge < -0.3 is 4.74 Å². The minimum atomic E-state index is 0.986. The third-order valence-corrected chi connectivity index (χ3v) is 5.70. The third kappa shape index (κ3) is 14.7. The van der Waals surface area contributed by atoms with E-state index < -0.39 is 0 Å². The van der Waals surface area contributed by atoms with E-state index in [1.165, 1.54) is 121 Å². The van der Waals surface area contributed by atoms with Crippen molar-refractivity contribution < 1.29 is 4.74 Å². The molecule has 0 fully saturated rings. The highest BCUT2D eigenvalue weighted by molar-refractivity contribution is 5.28. The second kappa shape index (κ2) is 18.4. The molecule has 0 radical (unpaired) electrons. The molecule has 1 nitrogen and oxygen atoms in total. The second-order valence-corrected chi connectivity index (χ2v) is 8.26. The van der Waals surface area contributed by atoms with Gasteiger partial charge in [-0.3, -0.25) is 0 Å². The average molecular weight is 375 g/mol. The molecule has 1 heteroatoms. The van der Waals surface area contributed by atoms with Gasteiger partial charge in [0.05, 0.1) is 7.11 Å². The normalized spacial score (nSPS) is 11.0. The van der Waals surface area contributed by atoms with Crippen molar-refractivity contribution in [3.8, 4) is 5.75 Å². The zero-order valence-electron chi connectivity index (χ0n) is 18.4. The summed E-state index contributed by atoms with van der Waals surface area (Å²) < 4.78 is 5.29. The van der Waals surface area contributed by atoms with Crippen molar-refractivity contribution >= 4 is 0 Å². The molecular formula is C26H46O. The van der Waals surface area contributed by atoms with Crippen LogP contribution >= 0.6 is 0 Å². The van der Waals surface area contributed by atoms with Crippen molar-refractivity contribution in [1.82, 2.24) is 0 Å². The lowest BCUT2D eigenvalue weighted by atomic mass is 10.0. The van der Waals surface area contributed by atoms with Crippen molar-refractivity contribution in [1.29, 1.82) is 0 Å². The molecule has 0 aliphatic rings. The van der Waals surface area contributed by atoms with E-state index in [9.17, 15) is 0 Å². The van der Waals surface area contributed by atoms with Gasteiger partial charge >= 0.3 is 0 Å². The summed E-state index contributed by atoms with van der Waals surface area (Å²) in [6, 6.07) is 8.52. The number of rotatable bonds is 19. The molecule has 27 heavy (non-hydrogen) atoms. The number of aryl methyl sites for hydroxylation is 1. The number of methoxy groups -OCH3 is 1. The van der Waals surface area contributed by atoms with Crippen LogP contribution in [0.1, 0.15) is 122 Å². The molecule has 0 aliphatic carbocycles. The first-order valence-corrected chi connectivity index (χ1v) is 12.0. The number of hydrogen-bond donors (Lipinski definition) is 0. The summed E-state index contributed by atoms with van der Waals surface area (Å²) in [5, 5.41) is 0. The van der Waals surface area contributed by atoms with E-state index in [-0.39, 0.29) is 0 Å². The number of hydrogen-bond acceptors (Lipinski definition) is 1. The third-order valence-electron chi connectivity index (χ3n) is 5.70. The zero-order chi connectivity index (χ0) is 19.4. The SMILES string of the molecule is CCCCCCCCCCCCCCCCCCCc1cccc(OC)c1. The minimum Gasteiger partial charge on any atom is -0.497 e. The van der Waals surface area contributed by atoms with Crippen LogP contribution in [0.2, 0.25) is 0 Å². The Kier molecular flexibility index (Phi) is 16.4. The van der Waals surface area contributed by atoms with Crippen LogP contribution in [0.25, 0.3) is 0 Å². The summed E-state index contributed by atoms with van der Waals surface area (Å²) in [5.41, 5.74) is 1.41. The lowest BCUT2D eigenvalue weighted by Gasteiger charge is -2.05. The maximum Gasteiger partial charge on any atom is 0.119 e. The Labute approximate surface area is 170 Å². The highest BCUT2D eigenvalue weighted by atomic mass is 16.5. The Hall–Kier alpha value is -0.980. The number of unbranched alkanes of at least 4 members (excludes halogenated alkanes) is 16. The van der Waals surface area contributed by atoms with Crippen molar-refractivity contribution in [2.45, 2.75) is 122 Å². The first kappa shape index (κ1) is 24.1. The van der Waals surface area contributed by atoms with Gasteiger partial charge in [0, 0.05) is 0 Å². The van der Waals surface area contributed by atoms with E-state index in [4.69, 9.17) is 4.74 Å². The monoisotopic (exact) mass is 374 g/mol. The topological polar surface area (TPSA) is 9.23 Å². The van der Waals surface area contributed by atoms with Crippen molar-refractivity contribution in [3.05, 3.63) is 29.8 Å². The van der Waals surface area contributed by atoms with Gasteiger partial charge in [-0.25, -0.2) is 0 Å². The Morgan fingerprint density at radius 2 is 1.04 bits per heavy atom. The van der Waals surface area contributed by atoms with Crippen LogP contribution < -0.4 is 4.74 Å². The van der Waals surface area contributed by atoms with Gasteiger partial charge in [0.25, 0.3) is 0 Å². The van der Waals surface area contributed by atoms with Gasteiger partial charge in [-0.1, -0.05) is 122 Å². The van der Waals surface area contributed by atoms with Crippen molar-refractivity contribution in [2.24, 2.45) is 0 Å². The predicted molar refractivity (Wildman–Crippen MR) is 121 cm³/mol. The van der Waals surface area contributed by atoms with Gasteiger partial charge in [0.15, 0.2) is 0 Å². The summed E-state index contributed by atoms with van der Waals surface area (Å²) >= 11 is 0. The van der Waals surface area contributed by atoms with E-state index in [1.807, 2.05) is 6.07 Å². The summed E-state index contributed by atoms with van der Waals surface area (Å²) in [5.74, 6) is 0.986. The zero-order valence-corrected chi connectivity index (χ0v) is 18.4. The second-order valence-electron chi connectivity index (χ2n) is 8.26. The Balaban J connectivity index is 1.76. The van der Waals surface area contributed by atoms with Gasteiger partial charge in [-0.15, -0.1) is 0 Å². The fourth-order valence-corrected chi connectivity index (χ4v) is 3.88. The van der Waals surface area contributed by atoms with Gasteiger partial charge in [-0.05, 0) is 30.5 Å². The van der Waals surface area contributed by atoms with Crippen LogP contribution in [0.4, 0.5) is 0 Å². The summed E-state index contributed by atoms with van der Waals surface area (Å²) in [4.78, 5) is 0. The minimum absolute atomic E-state index is 0.986. The Bertz CT molecular complexity index is 426. The molecule has 0 atom stereocenters. The summed E-state index contributed by atoms with van der Waals surface area (Å²) in [7, 11) is 1.74. The quantitative estimate of drug-likeness (QED) is 0.220. The lowest BCUT2D eigenvalue weighted by Crippen LogP contribution is -1.89. The van der Waals surface area contributed by atoms with Crippen LogP contribution in [0, 0.1) is 0 Å². The van der Waals surface area contributed by atoms with E-state index in [0.29, 0.717) is 0 Å². The summed E-state index contributed by atoms with van der Waals surface area (Å²) in [6.45, 7) is 2.30. The molecule has 1 aromatic carbocycles. The number of ether oxygens (including phenoxy) is 1. The van der Waals surface area contributed by atoms with Gasteiger partial charge in [0.2, 0.25) is 0 Å². The van der Waals surface area contributed by atoms with E-state index in [1.54, 1.807) is 7.11 Å². The first-order chi connectivity index (χ1) is 13.4. The fraction of sp³-hybridized carbons (Fsp3) is 0.769. The fourth-order valence-electron chi connectivity index (χ4n) is 3.88. The summed E-state index contributed by atoms with van der Waals surface area (Å²) in [6.07, 6.45) is 25.6. The lowest BCUT2D eigenvalue weighted by molar-refractivity contribution is 0.414. The van der Waals surface area contributed by atoms with Crippen LogP contribution in [-0.2, 0) is 6.42 Å². The molecule has 0 heterocycles. The molecule has 0 saturated carbocycles. The Morgan fingerprint density at radius 1 is 0.593 bits per heavy atom. The highest BCUT2D eigenvalue weighted by Gasteiger charge is 1.97. The van der Waals surface area contributed by atoms with Crippen LogP contribution in [0.15, 0.2) is 24.3 Å². The molecule has 1 rings (SSSR count). The van der Waals surface area contributed by atoms with Gasteiger partial charge in [-0.2, -0.15) is 0 Å². The van der Waals surface area contributed by atoms with Crippen LogP contribution in [0.5, 0.6) is 5.75 Å². The van der Waals surface area contributed by atoms with Crippen molar-refractivity contribution in [2.75, 3.05) is 7.11 Å². The maximum atomic E-state index is 5.29. The van der Waals surface area contributed by atoms with Crippen LogP contribution in [0.3, 0.4) is 0 Å². The molecule has 0 bridgehead atoms. The average Bonchev–Trinajstić information content (AvgIpc) is 2.70. The molecule has 1 aromatic rings. The molecule has 156 valence electrons. The molecular weight excluding hydrogens is 328 g/mol. The molecule has 0 saturated heterocycles. The standard InChI is InChI=1S/C26H46O/c1-3-4-5-6-7-8-9-10-11-12-13-14-15-16-17-18-19-21-25-22-20-23-26(24-25)27-2/h20,22-24H,3-19,21H2,1-2H3. The molecule has 0 unspecified atom stereocenters. The predicted octanol–water partition coefficient (Wildman–Crippen LogP) is 8.89. The van der Waals surface area contributed by atoms with Crippen molar-refractivity contribution in [3.63, 3.8) is 0 Å². The molecule has 0 N–H and O–H groups in total. The highest BCUT2D eigenvalue weighted by Crippen LogP contribution is 2.17. The number of benzene rings is 1. The maximum absolute atomic E-state index is 5.29. The molecule has 0 spiro atoms.